The Bertz CT molecular complexity index is 661. The van der Waals surface area contributed by atoms with Gasteiger partial charge in [-0.25, -0.2) is 4.79 Å². The predicted molar refractivity (Wildman–Crippen MR) is 85.9 cm³/mol. The van der Waals surface area contributed by atoms with E-state index >= 15 is 0 Å². The van der Waals surface area contributed by atoms with Crippen LogP contribution in [0.15, 0.2) is 45.5 Å². The molecule has 116 valence electrons. The number of carbonyl (C=O) groups is 2. The molecule has 6 heteroatoms. The molecule has 0 aliphatic rings. The Morgan fingerprint density at radius 2 is 1.86 bits per heavy atom. The number of nitrogens with one attached hydrogen (secondary N) is 1. The molecule has 22 heavy (non-hydrogen) atoms. The van der Waals surface area contributed by atoms with Crippen LogP contribution in [0.3, 0.4) is 0 Å². The quantitative estimate of drug-likeness (QED) is 0.814. The van der Waals surface area contributed by atoms with Crippen molar-refractivity contribution in [2.24, 2.45) is 0 Å². The first-order valence-corrected chi connectivity index (χ1v) is 7.57. The summed E-state index contributed by atoms with van der Waals surface area (Å²) in [5, 5.41) is 2.66. The molecule has 0 atom stereocenters. The number of anilines is 1. The molecule has 1 N–H and O–H groups in total. The number of furan rings is 1. The molecule has 5 nitrogen and oxygen atoms in total. The second kappa shape index (κ2) is 7.26. The molecule has 2 rings (SSSR count). The standard InChI is InChI=1S/C16H16BrNO4/c1-10(2)11-3-5-12(6-4-11)18-15(19)9-21-16(20)13-7-8-14(17)22-13/h3-8,10H,9H2,1-2H3,(H,18,19). The molecule has 0 radical (unpaired) electrons. The zero-order chi connectivity index (χ0) is 16.1. The van der Waals surface area contributed by atoms with Crippen LogP contribution in [0.2, 0.25) is 0 Å². The van der Waals surface area contributed by atoms with Crippen molar-refractivity contribution in [3.8, 4) is 0 Å². The molecule has 1 aromatic heterocycles. The highest BCUT2D eigenvalue weighted by Crippen LogP contribution is 2.17. The molecule has 0 unspecified atom stereocenters. The topological polar surface area (TPSA) is 68.5 Å². The summed E-state index contributed by atoms with van der Waals surface area (Å²) >= 11 is 3.09. The van der Waals surface area contributed by atoms with Crippen LogP contribution in [0, 0.1) is 0 Å². The van der Waals surface area contributed by atoms with Crippen molar-refractivity contribution in [1.29, 1.82) is 0 Å². The van der Waals surface area contributed by atoms with E-state index in [0.717, 1.165) is 0 Å². The summed E-state index contributed by atoms with van der Waals surface area (Å²) in [5.41, 5.74) is 1.85. The van der Waals surface area contributed by atoms with Gasteiger partial charge in [0.05, 0.1) is 0 Å². The van der Waals surface area contributed by atoms with Crippen LogP contribution in [0.5, 0.6) is 0 Å². The fraction of sp³-hybridized carbons (Fsp3) is 0.250. The van der Waals surface area contributed by atoms with Crippen LogP contribution in [0.25, 0.3) is 0 Å². The van der Waals surface area contributed by atoms with Gasteiger partial charge in [0.2, 0.25) is 5.76 Å². The van der Waals surface area contributed by atoms with Crippen molar-refractivity contribution >= 4 is 33.5 Å². The van der Waals surface area contributed by atoms with Crippen molar-refractivity contribution in [2.75, 3.05) is 11.9 Å². The first-order valence-electron chi connectivity index (χ1n) is 6.78. The summed E-state index contributed by atoms with van der Waals surface area (Å²) in [7, 11) is 0. The number of ether oxygens (including phenoxy) is 1. The van der Waals surface area contributed by atoms with Gasteiger partial charge in [0.1, 0.15) is 0 Å². The second-order valence-corrected chi connectivity index (χ2v) is 5.79. The average Bonchev–Trinajstić information content (AvgIpc) is 2.92. The summed E-state index contributed by atoms with van der Waals surface area (Å²) in [4.78, 5) is 23.4. The Morgan fingerprint density at radius 3 is 2.41 bits per heavy atom. The minimum atomic E-state index is -0.684. The Hall–Kier alpha value is -2.08. The van der Waals surface area contributed by atoms with Gasteiger partial charge in [-0.3, -0.25) is 4.79 Å². The number of rotatable bonds is 5. The molecule has 0 fully saturated rings. The van der Waals surface area contributed by atoms with Crippen LogP contribution < -0.4 is 5.32 Å². The third-order valence-corrected chi connectivity index (χ3v) is 3.40. The van der Waals surface area contributed by atoms with E-state index in [1.165, 1.54) is 11.6 Å². The molecule has 0 saturated heterocycles. The second-order valence-electron chi connectivity index (χ2n) is 5.00. The van der Waals surface area contributed by atoms with Crippen LogP contribution in [0.4, 0.5) is 5.69 Å². The van der Waals surface area contributed by atoms with E-state index in [2.05, 4.69) is 35.1 Å². The Labute approximate surface area is 136 Å². The average molecular weight is 366 g/mol. The van der Waals surface area contributed by atoms with E-state index in [9.17, 15) is 9.59 Å². The van der Waals surface area contributed by atoms with E-state index < -0.39 is 11.9 Å². The van der Waals surface area contributed by atoms with E-state index in [0.29, 0.717) is 16.3 Å². The molecule has 1 aromatic carbocycles. The van der Waals surface area contributed by atoms with Crippen LogP contribution in [-0.4, -0.2) is 18.5 Å². The molecule has 1 heterocycles. The van der Waals surface area contributed by atoms with Crippen molar-refractivity contribution in [3.05, 3.63) is 52.4 Å². The zero-order valence-corrected chi connectivity index (χ0v) is 13.8. The summed E-state index contributed by atoms with van der Waals surface area (Å²) in [6, 6.07) is 10.6. The summed E-state index contributed by atoms with van der Waals surface area (Å²) < 4.78 is 10.3. The van der Waals surface area contributed by atoms with Crippen molar-refractivity contribution in [1.82, 2.24) is 0 Å². The molecule has 0 aliphatic heterocycles. The van der Waals surface area contributed by atoms with Gasteiger partial charge in [-0.2, -0.15) is 0 Å². The molecular formula is C16H16BrNO4. The SMILES string of the molecule is CC(C)c1ccc(NC(=O)COC(=O)c2ccc(Br)o2)cc1. The Balaban J connectivity index is 1.84. The fourth-order valence-corrected chi connectivity index (χ4v) is 2.08. The maximum atomic E-state index is 11.7. The van der Waals surface area contributed by atoms with Gasteiger partial charge in [-0.05, 0) is 51.7 Å². The molecule has 0 aliphatic carbocycles. The predicted octanol–water partition coefficient (Wildman–Crippen LogP) is 3.96. The van der Waals surface area contributed by atoms with E-state index in [1.54, 1.807) is 6.07 Å². The molecule has 0 saturated carbocycles. The van der Waals surface area contributed by atoms with Crippen molar-refractivity contribution in [2.45, 2.75) is 19.8 Å². The summed E-state index contributed by atoms with van der Waals surface area (Å²) in [6.07, 6.45) is 0. The normalized spacial score (nSPS) is 10.5. The number of hydrogen-bond acceptors (Lipinski definition) is 4. The van der Waals surface area contributed by atoms with Gasteiger partial charge in [0.15, 0.2) is 11.3 Å². The van der Waals surface area contributed by atoms with E-state index in [1.807, 2.05) is 24.3 Å². The molecule has 0 bridgehead atoms. The third-order valence-electron chi connectivity index (χ3n) is 2.97. The minimum Gasteiger partial charge on any atom is -0.450 e. The summed E-state index contributed by atoms with van der Waals surface area (Å²) in [6.45, 7) is 3.82. The number of hydrogen-bond donors (Lipinski definition) is 1. The number of esters is 1. The fourth-order valence-electron chi connectivity index (χ4n) is 1.77. The minimum absolute atomic E-state index is 0.0426. The van der Waals surface area contributed by atoms with Crippen molar-refractivity contribution < 1.29 is 18.7 Å². The highest BCUT2D eigenvalue weighted by molar-refractivity contribution is 9.10. The van der Waals surface area contributed by atoms with Crippen molar-refractivity contribution in [3.63, 3.8) is 0 Å². The lowest BCUT2D eigenvalue weighted by Gasteiger charge is -2.08. The first-order chi connectivity index (χ1) is 10.5. The van der Waals surface area contributed by atoms with Gasteiger partial charge in [-0.1, -0.05) is 26.0 Å². The molecule has 2 aromatic rings. The first kappa shape index (κ1) is 16.3. The lowest BCUT2D eigenvalue weighted by molar-refractivity contribution is -0.119. The molecule has 1 amide bonds. The molecule has 0 spiro atoms. The number of amides is 1. The van der Waals surface area contributed by atoms with Gasteiger partial charge in [0.25, 0.3) is 5.91 Å². The van der Waals surface area contributed by atoms with E-state index in [4.69, 9.17) is 9.15 Å². The summed E-state index contributed by atoms with van der Waals surface area (Å²) in [5.74, 6) is -0.619. The highest BCUT2D eigenvalue weighted by Gasteiger charge is 2.14. The number of halogens is 1. The monoisotopic (exact) mass is 365 g/mol. The lowest BCUT2D eigenvalue weighted by atomic mass is 10.0. The number of benzene rings is 1. The van der Waals surface area contributed by atoms with Crippen LogP contribution >= 0.6 is 15.9 Å². The molecular weight excluding hydrogens is 350 g/mol. The van der Waals surface area contributed by atoms with Gasteiger partial charge < -0.3 is 14.5 Å². The van der Waals surface area contributed by atoms with E-state index in [-0.39, 0.29) is 12.4 Å². The third kappa shape index (κ3) is 4.46. The van der Waals surface area contributed by atoms with Gasteiger partial charge in [-0.15, -0.1) is 0 Å². The van der Waals surface area contributed by atoms with Crippen LogP contribution in [-0.2, 0) is 9.53 Å². The Morgan fingerprint density at radius 1 is 1.18 bits per heavy atom. The smallest absolute Gasteiger partial charge is 0.374 e. The number of carbonyl (C=O) groups excluding carboxylic acids is 2. The van der Waals surface area contributed by atoms with Gasteiger partial charge >= 0.3 is 5.97 Å². The Kier molecular flexibility index (Phi) is 5.38. The van der Waals surface area contributed by atoms with Crippen LogP contribution in [0.1, 0.15) is 35.9 Å². The van der Waals surface area contributed by atoms with Gasteiger partial charge in [0, 0.05) is 5.69 Å². The highest BCUT2D eigenvalue weighted by atomic mass is 79.9. The maximum Gasteiger partial charge on any atom is 0.374 e. The largest absolute Gasteiger partial charge is 0.450 e. The zero-order valence-electron chi connectivity index (χ0n) is 12.3. The lowest BCUT2D eigenvalue weighted by Crippen LogP contribution is -2.20. The maximum absolute atomic E-state index is 11.7.